The highest BCUT2D eigenvalue weighted by Gasteiger charge is 2.41. The van der Waals surface area contributed by atoms with Crippen LogP contribution in [0, 0.1) is 5.82 Å². The Morgan fingerprint density at radius 2 is 1.06 bits per heavy atom. The van der Waals surface area contributed by atoms with E-state index in [4.69, 9.17) is 4.74 Å². The Labute approximate surface area is 180 Å². The third-order valence-electron chi connectivity index (χ3n) is 4.77. The molecule has 0 aliphatic heterocycles. The van der Waals surface area contributed by atoms with E-state index >= 15 is 4.39 Å². The summed E-state index contributed by atoms with van der Waals surface area (Å²) in [7, 11) is 0.959. The minimum absolute atomic E-state index is 0.244. The van der Waals surface area contributed by atoms with E-state index in [1.54, 1.807) is 0 Å². The Morgan fingerprint density at radius 1 is 0.545 bits per heavy atom. The Balaban J connectivity index is 2.49. The molecule has 0 saturated carbocycles. The third-order valence-corrected chi connectivity index (χ3v) is 4.77. The van der Waals surface area contributed by atoms with Crippen LogP contribution in [0.25, 0.3) is 22.3 Å². The van der Waals surface area contributed by atoms with Crippen molar-refractivity contribution >= 4 is 0 Å². The lowest BCUT2D eigenvalue weighted by atomic mass is 9.89. The fraction of sp³-hybridized carbons (Fsp3) is 0.182. The van der Waals surface area contributed by atoms with Crippen molar-refractivity contribution in [3.05, 3.63) is 77.1 Å². The van der Waals surface area contributed by atoms with E-state index in [-0.39, 0.29) is 6.07 Å². The van der Waals surface area contributed by atoms with Gasteiger partial charge in [0.1, 0.15) is 11.6 Å². The molecular formula is C22H12F10O. The van der Waals surface area contributed by atoms with Gasteiger partial charge in [0.2, 0.25) is 0 Å². The lowest BCUT2D eigenvalue weighted by molar-refractivity contribution is -0.139. The molecule has 3 aromatic carbocycles. The maximum absolute atomic E-state index is 15.6. The van der Waals surface area contributed by atoms with Gasteiger partial charge < -0.3 is 4.74 Å². The van der Waals surface area contributed by atoms with Crippen LogP contribution in [0.15, 0.2) is 54.6 Å². The summed E-state index contributed by atoms with van der Waals surface area (Å²) >= 11 is 0. The zero-order valence-electron chi connectivity index (χ0n) is 16.4. The number of methoxy groups -OCH3 is 1. The molecule has 0 amide bonds. The molecule has 0 spiro atoms. The largest absolute Gasteiger partial charge is 0.496 e. The number of alkyl halides is 9. The van der Waals surface area contributed by atoms with E-state index in [1.807, 2.05) is 0 Å². The first kappa shape index (κ1) is 24.4. The minimum atomic E-state index is -5.30. The van der Waals surface area contributed by atoms with Crippen molar-refractivity contribution < 1.29 is 48.6 Å². The first-order valence-electron chi connectivity index (χ1n) is 8.98. The number of hydrogen-bond donors (Lipinski definition) is 0. The fourth-order valence-corrected chi connectivity index (χ4v) is 3.43. The van der Waals surface area contributed by atoms with Crippen LogP contribution in [0.2, 0.25) is 0 Å². The van der Waals surface area contributed by atoms with Gasteiger partial charge in [0.25, 0.3) is 0 Å². The van der Waals surface area contributed by atoms with Crippen molar-refractivity contribution in [3.8, 4) is 28.0 Å². The van der Waals surface area contributed by atoms with Gasteiger partial charge in [0.05, 0.1) is 23.8 Å². The molecule has 176 valence electrons. The van der Waals surface area contributed by atoms with Crippen molar-refractivity contribution in [2.75, 3.05) is 7.11 Å². The molecule has 1 nitrogen and oxygen atoms in total. The second-order valence-electron chi connectivity index (χ2n) is 6.77. The molecule has 0 heterocycles. The standard InChI is InChI=1S/C22H12F10O/c1-33-16-8-4-7-14(21(27,28)29)17(16)12-9-10-15(22(30,31)32)18(19(12)23)11-5-2-3-6-13(11)20(24,25)26/h2-10H,1H3. The van der Waals surface area contributed by atoms with Gasteiger partial charge in [0, 0.05) is 16.7 Å². The van der Waals surface area contributed by atoms with Gasteiger partial charge in [-0.15, -0.1) is 0 Å². The molecule has 0 aliphatic rings. The van der Waals surface area contributed by atoms with Crippen LogP contribution in [-0.4, -0.2) is 7.11 Å². The molecule has 0 aliphatic carbocycles. The molecule has 33 heavy (non-hydrogen) atoms. The maximum Gasteiger partial charge on any atom is 0.417 e. The summed E-state index contributed by atoms with van der Waals surface area (Å²) in [5.41, 5.74) is -9.42. The molecule has 0 fully saturated rings. The Kier molecular flexibility index (Phi) is 6.12. The molecule has 0 saturated heterocycles. The van der Waals surface area contributed by atoms with Crippen LogP contribution >= 0.6 is 0 Å². The van der Waals surface area contributed by atoms with Crippen molar-refractivity contribution in [1.82, 2.24) is 0 Å². The van der Waals surface area contributed by atoms with Gasteiger partial charge >= 0.3 is 18.5 Å². The van der Waals surface area contributed by atoms with E-state index in [9.17, 15) is 39.5 Å². The summed E-state index contributed by atoms with van der Waals surface area (Å²) in [5.74, 6) is -2.44. The highest BCUT2D eigenvalue weighted by Crippen LogP contribution is 2.49. The summed E-state index contributed by atoms with van der Waals surface area (Å²) < 4.78 is 143. The summed E-state index contributed by atoms with van der Waals surface area (Å²) in [6, 6.07) is 6.11. The average Bonchev–Trinajstić information content (AvgIpc) is 2.71. The highest BCUT2D eigenvalue weighted by atomic mass is 19.4. The van der Waals surface area contributed by atoms with Crippen LogP contribution in [0.4, 0.5) is 43.9 Å². The van der Waals surface area contributed by atoms with Gasteiger partial charge in [-0.2, -0.15) is 39.5 Å². The van der Waals surface area contributed by atoms with Crippen molar-refractivity contribution in [1.29, 1.82) is 0 Å². The van der Waals surface area contributed by atoms with Crippen molar-refractivity contribution in [3.63, 3.8) is 0 Å². The number of benzene rings is 3. The van der Waals surface area contributed by atoms with E-state index in [0.29, 0.717) is 24.3 Å². The van der Waals surface area contributed by atoms with Gasteiger partial charge in [-0.1, -0.05) is 30.3 Å². The molecule has 0 bridgehead atoms. The normalized spacial score (nSPS) is 12.7. The predicted molar refractivity (Wildman–Crippen MR) is 98.8 cm³/mol. The van der Waals surface area contributed by atoms with E-state index in [1.165, 1.54) is 0 Å². The molecule has 0 N–H and O–H groups in total. The Hall–Kier alpha value is -3.24. The van der Waals surface area contributed by atoms with Gasteiger partial charge in [0.15, 0.2) is 0 Å². The van der Waals surface area contributed by atoms with E-state index < -0.39 is 69.0 Å². The molecular weight excluding hydrogens is 470 g/mol. The number of halogens is 10. The second-order valence-corrected chi connectivity index (χ2v) is 6.77. The average molecular weight is 482 g/mol. The molecule has 3 aromatic rings. The monoisotopic (exact) mass is 482 g/mol. The summed E-state index contributed by atoms with van der Waals surface area (Å²) in [4.78, 5) is 0. The quantitative estimate of drug-likeness (QED) is 0.342. The molecule has 0 aromatic heterocycles. The first-order chi connectivity index (χ1) is 15.2. The summed E-state index contributed by atoms with van der Waals surface area (Å²) in [5, 5.41) is 0. The van der Waals surface area contributed by atoms with Crippen LogP contribution in [0.1, 0.15) is 16.7 Å². The number of hydrogen-bond acceptors (Lipinski definition) is 1. The molecule has 0 atom stereocenters. The Bertz CT molecular complexity index is 1170. The van der Waals surface area contributed by atoms with Crippen molar-refractivity contribution in [2.24, 2.45) is 0 Å². The van der Waals surface area contributed by atoms with Gasteiger partial charge in [-0.25, -0.2) is 4.39 Å². The van der Waals surface area contributed by atoms with Gasteiger partial charge in [-0.3, -0.25) is 0 Å². The van der Waals surface area contributed by atoms with E-state index in [0.717, 1.165) is 31.4 Å². The zero-order chi connectivity index (χ0) is 24.8. The Morgan fingerprint density at radius 3 is 1.61 bits per heavy atom. The van der Waals surface area contributed by atoms with Crippen molar-refractivity contribution in [2.45, 2.75) is 18.5 Å². The third kappa shape index (κ3) is 4.62. The van der Waals surface area contributed by atoms with Crippen LogP contribution in [0.5, 0.6) is 5.75 Å². The van der Waals surface area contributed by atoms with Crippen LogP contribution in [0.3, 0.4) is 0 Å². The topological polar surface area (TPSA) is 9.23 Å². The highest BCUT2D eigenvalue weighted by molar-refractivity contribution is 5.83. The fourth-order valence-electron chi connectivity index (χ4n) is 3.43. The first-order valence-corrected chi connectivity index (χ1v) is 8.98. The SMILES string of the molecule is COc1cccc(C(F)(F)F)c1-c1ccc(C(F)(F)F)c(-c2ccccc2C(F)(F)F)c1F. The lowest BCUT2D eigenvalue weighted by Crippen LogP contribution is -2.14. The van der Waals surface area contributed by atoms with Gasteiger partial charge in [-0.05, 0) is 29.8 Å². The van der Waals surface area contributed by atoms with Crippen LogP contribution < -0.4 is 4.74 Å². The number of ether oxygens (including phenoxy) is 1. The second kappa shape index (κ2) is 8.27. The summed E-state index contributed by atoms with van der Waals surface area (Å²) in [6.45, 7) is 0. The van der Waals surface area contributed by atoms with Crippen LogP contribution in [-0.2, 0) is 18.5 Å². The molecule has 0 radical (unpaired) electrons. The summed E-state index contributed by atoms with van der Waals surface area (Å²) in [6.07, 6.45) is -15.5. The maximum atomic E-state index is 15.6. The predicted octanol–water partition coefficient (Wildman–Crippen LogP) is 8.22. The minimum Gasteiger partial charge on any atom is -0.496 e. The number of rotatable bonds is 3. The lowest BCUT2D eigenvalue weighted by Gasteiger charge is -2.22. The molecule has 3 rings (SSSR count). The zero-order valence-corrected chi connectivity index (χ0v) is 16.4. The molecule has 11 heteroatoms. The van der Waals surface area contributed by atoms with E-state index in [2.05, 4.69) is 0 Å². The molecule has 0 unspecified atom stereocenters. The smallest absolute Gasteiger partial charge is 0.417 e.